The zero-order valence-electron chi connectivity index (χ0n) is 21.2. The number of aromatic nitrogens is 3. The third kappa shape index (κ3) is 6.03. The van der Waals surface area contributed by atoms with Gasteiger partial charge in [0.15, 0.2) is 0 Å². The van der Waals surface area contributed by atoms with E-state index in [0.29, 0.717) is 31.1 Å². The number of benzene rings is 2. The molecule has 0 radical (unpaired) electrons. The number of rotatable bonds is 10. The molecule has 0 saturated heterocycles. The summed E-state index contributed by atoms with van der Waals surface area (Å²) in [5, 5.41) is 4.61. The molecule has 1 amide bonds. The molecular weight excluding hydrogens is 496 g/mol. The van der Waals surface area contributed by atoms with E-state index in [0.717, 1.165) is 39.0 Å². The molecule has 1 atom stereocenters. The predicted molar refractivity (Wildman–Crippen MR) is 151 cm³/mol. The molecule has 7 heteroatoms. The number of pyridine rings is 2. The molecule has 0 aliphatic rings. The van der Waals surface area contributed by atoms with Gasteiger partial charge in [0, 0.05) is 67.0 Å². The number of hydrogen-bond donors (Lipinski definition) is 1. The van der Waals surface area contributed by atoms with Crippen molar-refractivity contribution in [1.29, 1.82) is 0 Å². The first kappa shape index (κ1) is 25.5. The monoisotopic (exact) mass is 524 g/mol. The molecule has 5 rings (SSSR count). The highest BCUT2D eigenvalue weighted by Crippen LogP contribution is 2.35. The van der Waals surface area contributed by atoms with Crippen LogP contribution < -0.4 is 10.1 Å². The van der Waals surface area contributed by atoms with Gasteiger partial charge in [0.1, 0.15) is 10.9 Å². The van der Waals surface area contributed by atoms with Crippen LogP contribution in [0.15, 0.2) is 97.5 Å². The zero-order valence-corrected chi connectivity index (χ0v) is 21.9. The molecule has 0 bridgehead atoms. The summed E-state index contributed by atoms with van der Waals surface area (Å²) in [6.45, 7) is 1.23. The Labute approximate surface area is 227 Å². The Morgan fingerprint density at radius 3 is 2.55 bits per heavy atom. The molecule has 0 spiro atoms. The van der Waals surface area contributed by atoms with Crippen LogP contribution in [0, 0.1) is 0 Å². The molecule has 3 heterocycles. The molecular formula is C31H29ClN4O2. The first-order valence-corrected chi connectivity index (χ1v) is 13.0. The van der Waals surface area contributed by atoms with Gasteiger partial charge in [-0.3, -0.25) is 9.78 Å². The van der Waals surface area contributed by atoms with Gasteiger partial charge in [-0.1, -0.05) is 54.1 Å². The number of nitrogens with zero attached hydrogens (tertiary/aromatic N) is 3. The molecule has 0 fully saturated rings. The van der Waals surface area contributed by atoms with E-state index in [4.69, 9.17) is 16.3 Å². The van der Waals surface area contributed by atoms with Gasteiger partial charge in [-0.25, -0.2) is 4.98 Å². The number of amides is 1. The van der Waals surface area contributed by atoms with Gasteiger partial charge in [-0.15, -0.1) is 0 Å². The van der Waals surface area contributed by atoms with E-state index < -0.39 is 0 Å². The first-order valence-electron chi connectivity index (χ1n) is 12.6. The summed E-state index contributed by atoms with van der Waals surface area (Å²) in [5.41, 5.74) is 5.25. The lowest BCUT2D eigenvalue weighted by Gasteiger charge is -2.17. The van der Waals surface area contributed by atoms with Crippen LogP contribution in [0.1, 0.15) is 34.7 Å². The van der Waals surface area contributed by atoms with Crippen molar-refractivity contribution >= 4 is 28.4 Å². The average molecular weight is 525 g/mol. The number of nitrogens with one attached hydrogen (secondary N) is 1. The maximum absolute atomic E-state index is 13.2. The normalized spacial score (nSPS) is 11.8. The molecule has 3 aromatic heterocycles. The first-order chi connectivity index (χ1) is 18.6. The summed E-state index contributed by atoms with van der Waals surface area (Å²) in [4.78, 5) is 21.8. The summed E-state index contributed by atoms with van der Waals surface area (Å²) in [5.74, 6) is 0.626. The molecule has 6 nitrogen and oxygen atoms in total. The summed E-state index contributed by atoms with van der Waals surface area (Å²) in [7, 11) is 1.67. The minimum Gasteiger partial charge on any atom is -0.497 e. The van der Waals surface area contributed by atoms with Crippen LogP contribution >= 0.6 is 11.6 Å². The van der Waals surface area contributed by atoms with Gasteiger partial charge in [0.25, 0.3) is 0 Å². The smallest absolute Gasteiger partial charge is 0.220 e. The molecule has 1 unspecified atom stereocenters. The zero-order chi connectivity index (χ0) is 26.3. The summed E-state index contributed by atoms with van der Waals surface area (Å²) < 4.78 is 7.55. The van der Waals surface area contributed by atoms with Crippen molar-refractivity contribution in [1.82, 2.24) is 19.9 Å². The lowest BCUT2D eigenvalue weighted by Crippen LogP contribution is -2.27. The van der Waals surface area contributed by atoms with E-state index in [1.807, 2.05) is 48.5 Å². The highest BCUT2D eigenvalue weighted by Gasteiger charge is 2.23. The van der Waals surface area contributed by atoms with Crippen LogP contribution in [0.4, 0.5) is 0 Å². The van der Waals surface area contributed by atoms with Crippen LogP contribution in [-0.4, -0.2) is 34.1 Å². The van der Waals surface area contributed by atoms with Crippen molar-refractivity contribution in [2.24, 2.45) is 0 Å². The number of carbonyl (C=O) groups excluding carboxylic acids is 1. The number of para-hydroxylation sites is 1. The van der Waals surface area contributed by atoms with Crippen LogP contribution in [0.3, 0.4) is 0 Å². The Bertz CT molecular complexity index is 1500. The van der Waals surface area contributed by atoms with Crippen LogP contribution in [0.25, 0.3) is 10.9 Å². The second-order valence-electron chi connectivity index (χ2n) is 9.17. The number of halogens is 1. The maximum Gasteiger partial charge on any atom is 0.220 e. The average Bonchev–Trinajstić information content (AvgIpc) is 3.31. The van der Waals surface area contributed by atoms with Gasteiger partial charge in [-0.05, 0) is 53.1 Å². The van der Waals surface area contributed by atoms with E-state index in [-0.39, 0.29) is 11.8 Å². The second-order valence-corrected chi connectivity index (χ2v) is 9.56. The molecule has 5 aromatic rings. The Morgan fingerprint density at radius 2 is 1.82 bits per heavy atom. The standard InChI is InChI=1S/C31H29ClN4O2/c1-38-25-12-9-22(10-13-25)20-36-21-28(26-7-2-3-8-29(26)36)27(23-11-14-30(32)35-19-23)18-31(37)34-17-15-24-6-4-5-16-33-24/h2-14,16,19,21,27H,15,17-18,20H2,1H3,(H,34,37). The summed E-state index contributed by atoms with van der Waals surface area (Å²) in [6, 6.07) is 25.9. The molecule has 0 aliphatic heterocycles. The van der Waals surface area contributed by atoms with Gasteiger partial charge in [0.05, 0.1) is 7.11 Å². The number of ether oxygens (including phenoxy) is 1. The van der Waals surface area contributed by atoms with Gasteiger partial charge < -0.3 is 14.6 Å². The molecule has 192 valence electrons. The van der Waals surface area contributed by atoms with Crippen molar-refractivity contribution < 1.29 is 9.53 Å². The third-order valence-corrected chi connectivity index (χ3v) is 6.90. The fourth-order valence-corrected chi connectivity index (χ4v) is 4.86. The number of fused-ring (bicyclic) bond motifs is 1. The number of hydrogen-bond acceptors (Lipinski definition) is 4. The Kier molecular flexibility index (Phi) is 8.00. The van der Waals surface area contributed by atoms with E-state index in [1.54, 1.807) is 25.6 Å². The van der Waals surface area contributed by atoms with Crippen molar-refractivity contribution in [3.8, 4) is 5.75 Å². The highest BCUT2D eigenvalue weighted by atomic mass is 35.5. The maximum atomic E-state index is 13.2. The predicted octanol–water partition coefficient (Wildman–Crippen LogP) is 6.02. The summed E-state index contributed by atoms with van der Waals surface area (Å²) in [6.07, 6.45) is 6.67. The molecule has 2 aromatic carbocycles. The van der Waals surface area contributed by atoms with Gasteiger partial charge in [0.2, 0.25) is 5.91 Å². The van der Waals surface area contributed by atoms with E-state index in [9.17, 15) is 4.79 Å². The van der Waals surface area contributed by atoms with E-state index >= 15 is 0 Å². The lowest BCUT2D eigenvalue weighted by molar-refractivity contribution is -0.121. The van der Waals surface area contributed by atoms with Crippen molar-refractivity contribution in [3.05, 3.63) is 125 Å². The number of methoxy groups -OCH3 is 1. The number of carbonyl (C=O) groups is 1. The Balaban J connectivity index is 1.43. The fraction of sp³-hybridized carbons (Fsp3) is 0.194. The Morgan fingerprint density at radius 1 is 1.00 bits per heavy atom. The third-order valence-electron chi connectivity index (χ3n) is 6.68. The largest absolute Gasteiger partial charge is 0.497 e. The topological polar surface area (TPSA) is 69.0 Å². The van der Waals surface area contributed by atoms with E-state index in [2.05, 4.69) is 50.3 Å². The highest BCUT2D eigenvalue weighted by molar-refractivity contribution is 6.29. The van der Waals surface area contributed by atoms with Crippen LogP contribution in [0.5, 0.6) is 5.75 Å². The van der Waals surface area contributed by atoms with Gasteiger partial charge >= 0.3 is 0 Å². The molecule has 38 heavy (non-hydrogen) atoms. The van der Waals surface area contributed by atoms with Crippen LogP contribution in [-0.2, 0) is 17.8 Å². The fourth-order valence-electron chi connectivity index (χ4n) is 4.75. The molecule has 0 aliphatic carbocycles. The minimum absolute atomic E-state index is 0.0205. The molecule has 0 saturated carbocycles. The summed E-state index contributed by atoms with van der Waals surface area (Å²) >= 11 is 6.10. The van der Waals surface area contributed by atoms with Crippen molar-refractivity contribution in [3.63, 3.8) is 0 Å². The molecule has 1 N–H and O–H groups in total. The van der Waals surface area contributed by atoms with E-state index in [1.165, 1.54) is 0 Å². The van der Waals surface area contributed by atoms with Crippen molar-refractivity contribution in [2.45, 2.75) is 25.3 Å². The van der Waals surface area contributed by atoms with Gasteiger partial charge in [-0.2, -0.15) is 0 Å². The van der Waals surface area contributed by atoms with Crippen LogP contribution in [0.2, 0.25) is 5.15 Å². The lowest BCUT2D eigenvalue weighted by atomic mass is 9.89. The van der Waals surface area contributed by atoms with Crippen molar-refractivity contribution in [2.75, 3.05) is 13.7 Å². The quantitative estimate of drug-likeness (QED) is 0.227. The SMILES string of the molecule is COc1ccc(Cn2cc(C(CC(=O)NCCc3ccccn3)c3ccc(Cl)nc3)c3ccccc32)cc1. The minimum atomic E-state index is -0.184. The Hall–Kier alpha value is -4.16. The second kappa shape index (κ2) is 11.9.